The Kier molecular flexibility index (Phi) is 8.22. The first kappa shape index (κ1) is 21.6. The number of aromatic nitrogens is 1. The molecule has 0 radical (unpaired) electrons. The van der Waals surface area contributed by atoms with Crippen LogP contribution < -0.4 is 5.32 Å². The number of aryl methyl sites for hydroxylation is 1. The van der Waals surface area contributed by atoms with Gasteiger partial charge in [-0.2, -0.15) is 0 Å². The summed E-state index contributed by atoms with van der Waals surface area (Å²) in [4.78, 5) is 38.9. The third kappa shape index (κ3) is 7.21. The minimum Gasteiger partial charge on any atom is -0.481 e. The van der Waals surface area contributed by atoms with Crippen LogP contribution in [0, 0.1) is 11.3 Å². The van der Waals surface area contributed by atoms with E-state index in [-0.39, 0.29) is 18.9 Å². The molecule has 1 rings (SSSR count). The van der Waals surface area contributed by atoms with Crippen molar-refractivity contribution < 1.29 is 24.2 Å². The number of hydrogen-bond acceptors (Lipinski definition) is 5. The number of pyridine rings is 1. The largest absolute Gasteiger partial charge is 0.481 e. The second-order valence-corrected chi connectivity index (χ2v) is 7.14. The molecule has 1 aromatic heterocycles. The molecule has 1 amide bonds. The van der Waals surface area contributed by atoms with Gasteiger partial charge in [-0.05, 0) is 37.8 Å². The van der Waals surface area contributed by atoms with Crippen LogP contribution in [-0.4, -0.2) is 34.5 Å². The molecular weight excluding hydrogens is 336 g/mol. The van der Waals surface area contributed by atoms with Gasteiger partial charge >= 0.3 is 11.9 Å². The van der Waals surface area contributed by atoms with Crippen molar-refractivity contribution in [2.45, 2.75) is 53.4 Å². The van der Waals surface area contributed by atoms with Crippen LogP contribution in [0.3, 0.4) is 0 Å². The lowest BCUT2D eigenvalue weighted by Gasteiger charge is -2.17. The Morgan fingerprint density at radius 3 is 2.42 bits per heavy atom. The predicted octanol–water partition coefficient (Wildman–Crippen LogP) is 3.04. The molecule has 0 saturated carbocycles. The highest BCUT2D eigenvalue weighted by molar-refractivity contribution is 5.94. The van der Waals surface area contributed by atoms with E-state index >= 15 is 0 Å². The van der Waals surface area contributed by atoms with E-state index in [4.69, 9.17) is 9.84 Å². The lowest BCUT2D eigenvalue weighted by atomic mass is 9.96. The number of ether oxygens (including phenoxy) is 1. The summed E-state index contributed by atoms with van der Waals surface area (Å²) in [5.74, 6) is -2.54. The maximum atomic E-state index is 11.9. The minimum atomic E-state index is -1.15. The zero-order valence-electron chi connectivity index (χ0n) is 15.9. The number of carboxylic acids is 1. The van der Waals surface area contributed by atoms with Gasteiger partial charge in [0, 0.05) is 11.6 Å². The molecule has 2 N–H and O–H groups in total. The van der Waals surface area contributed by atoms with Gasteiger partial charge in [0.1, 0.15) is 5.82 Å². The van der Waals surface area contributed by atoms with E-state index in [1.807, 2.05) is 26.8 Å². The summed E-state index contributed by atoms with van der Waals surface area (Å²) in [5, 5.41) is 11.9. The predicted molar refractivity (Wildman–Crippen MR) is 97.6 cm³/mol. The normalized spacial score (nSPS) is 12.3. The second-order valence-electron chi connectivity index (χ2n) is 7.14. The molecule has 0 saturated heterocycles. The number of hydrogen-bond donors (Lipinski definition) is 2. The maximum absolute atomic E-state index is 11.9. The molecule has 0 fully saturated rings. The average molecular weight is 364 g/mol. The molecule has 0 aliphatic rings. The number of esters is 1. The van der Waals surface area contributed by atoms with Crippen molar-refractivity contribution in [2.75, 3.05) is 11.9 Å². The number of carbonyl (C=O) groups excluding carboxylic acids is 2. The van der Waals surface area contributed by atoms with Crippen LogP contribution in [0.1, 0.15) is 52.5 Å². The van der Waals surface area contributed by atoms with Gasteiger partial charge in [-0.15, -0.1) is 0 Å². The molecule has 1 heterocycles. The number of rotatable bonds is 9. The average Bonchev–Trinajstić information content (AvgIpc) is 2.55. The van der Waals surface area contributed by atoms with E-state index in [1.165, 1.54) is 0 Å². The van der Waals surface area contributed by atoms with Crippen LogP contribution in [0.5, 0.6) is 0 Å². The molecule has 7 heteroatoms. The fourth-order valence-electron chi connectivity index (χ4n) is 2.21. The van der Waals surface area contributed by atoms with Crippen LogP contribution in [-0.2, 0) is 25.5 Å². The van der Waals surface area contributed by atoms with Crippen LogP contribution in [0.15, 0.2) is 18.3 Å². The van der Waals surface area contributed by atoms with Crippen molar-refractivity contribution in [3.63, 3.8) is 0 Å². The number of aliphatic carboxylic acids is 1. The Morgan fingerprint density at radius 1 is 1.23 bits per heavy atom. The van der Waals surface area contributed by atoms with Crippen LogP contribution in [0.4, 0.5) is 5.82 Å². The molecule has 1 atom stereocenters. The van der Waals surface area contributed by atoms with Crippen LogP contribution in [0.2, 0.25) is 0 Å². The van der Waals surface area contributed by atoms with Gasteiger partial charge in [-0.3, -0.25) is 14.4 Å². The number of nitrogens with one attached hydrogen (secondary N) is 1. The van der Waals surface area contributed by atoms with Crippen molar-refractivity contribution in [3.05, 3.63) is 23.9 Å². The lowest BCUT2D eigenvalue weighted by molar-refractivity contribution is -0.158. The Balaban J connectivity index is 2.45. The standard InChI is InChI=1S/C19H28N2O5/c1-5-26-17(24)14(16(22)23)9-7-6-8-13-10-11-15(20-12-13)21-18(25)19(2,3)4/h10-12,14H,5-9H2,1-4H3,(H,22,23)(H,20,21,25). The molecule has 26 heavy (non-hydrogen) atoms. The SMILES string of the molecule is CCOC(=O)C(CCCCc1ccc(NC(=O)C(C)(C)C)nc1)C(=O)O. The van der Waals surface area contributed by atoms with Crippen molar-refractivity contribution in [1.82, 2.24) is 4.98 Å². The molecule has 0 spiro atoms. The molecule has 7 nitrogen and oxygen atoms in total. The number of carboxylic acid groups (broad SMARTS) is 1. The quantitative estimate of drug-likeness (QED) is 0.396. The van der Waals surface area contributed by atoms with Gasteiger partial charge < -0.3 is 15.2 Å². The number of nitrogens with zero attached hydrogens (tertiary/aromatic N) is 1. The van der Waals surface area contributed by atoms with E-state index in [1.54, 1.807) is 19.2 Å². The van der Waals surface area contributed by atoms with Crippen molar-refractivity contribution >= 4 is 23.7 Å². The molecular formula is C19H28N2O5. The Hall–Kier alpha value is -2.44. The van der Waals surface area contributed by atoms with Gasteiger partial charge in [0.15, 0.2) is 5.92 Å². The third-order valence-electron chi connectivity index (χ3n) is 3.82. The Morgan fingerprint density at radius 2 is 1.92 bits per heavy atom. The summed E-state index contributed by atoms with van der Waals surface area (Å²) in [6, 6.07) is 3.63. The second kappa shape index (κ2) is 9.89. The fraction of sp³-hybridized carbons (Fsp3) is 0.579. The van der Waals surface area contributed by atoms with E-state index in [0.717, 1.165) is 18.4 Å². The molecule has 144 valence electrons. The van der Waals surface area contributed by atoms with E-state index in [0.29, 0.717) is 12.2 Å². The molecule has 0 aliphatic heterocycles. The van der Waals surface area contributed by atoms with Gasteiger partial charge in [0.05, 0.1) is 6.61 Å². The van der Waals surface area contributed by atoms with Crippen molar-refractivity contribution in [3.8, 4) is 0 Å². The van der Waals surface area contributed by atoms with Crippen LogP contribution >= 0.6 is 0 Å². The summed E-state index contributed by atoms with van der Waals surface area (Å²) >= 11 is 0. The van der Waals surface area contributed by atoms with E-state index in [9.17, 15) is 14.4 Å². The highest BCUT2D eigenvalue weighted by atomic mass is 16.5. The molecule has 0 aromatic carbocycles. The summed E-state index contributed by atoms with van der Waals surface area (Å²) in [5.41, 5.74) is 0.502. The smallest absolute Gasteiger partial charge is 0.320 e. The maximum Gasteiger partial charge on any atom is 0.320 e. The summed E-state index contributed by atoms with van der Waals surface area (Å²) in [7, 11) is 0. The topological polar surface area (TPSA) is 106 Å². The third-order valence-corrected chi connectivity index (χ3v) is 3.82. The molecule has 1 aromatic rings. The number of carbonyl (C=O) groups is 3. The number of amides is 1. The first-order valence-electron chi connectivity index (χ1n) is 8.81. The highest BCUT2D eigenvalue weighted by Gasteiger charge is 2.26. The fourth-order valence-corrected chi connectivity index (χ4v) is 2.21. The first-order chi connectivity index (χ1) is 12.1. The lowest BCUT2D eigenvalue weighted by Crippen LogP contribution is -2.27. The summed E-state index contributed by atoms with van der Waals surface area (Å²) in [6.07, 6.45) is 3.99. The zero-order valence-corrected chi connectivity index (χ0v) is 15.9. The van der Waals surface area contributed by atoms with Gasteiger partial charge in [-0.1, -0.05) is 33.3 Å². The van der Waals surface area contributed by atoms with Crippen molar-refractivity contribution in [1.29, 1.82) is 0 Å². The van der Waals surface area contributed by atoms with E-state index < -0.39 is 23.3 Å². The zero-order chi connectivity index (χ0) is 19.7. The summed E-state index contributed by atoms with van der Waals surface area (Å²) < 4.78 is 4.79. The van der Waals surface area contributed by atoms with Gasteiger partial charge in [-0.25, -0.2) is 4.98 Å². The molecule has 0 aliphatic carbocycles. The first-order valence-corrected chi connectivity index (χ1v) is 8.81. The monoisotopic (exact) mass is 364 g/mol. The molecule has 0 bridgehead atoms. The Labute approximate surface area is 154 Å². The number of unbranched alkanes of at least 4 members (excludes halogenated alkanes) is 1. The van der Waals surface area contributed by atoms with Gasteiger partial charge in [0.25, 0.3) is 0 Å². The summed E-state index contributed by atoms with van der Waals surface area (Å²) in [6.45, 7) is 7.32. The minimum absolute atomic E-state index is 0.101. The van der Waals surface area contributed by atoms with Gasteiger partial charge in [0.2, 0.25) is 5.91 Å². The van der Waals surface area contributed by atoms with Crippen LogP contribution in [0.25, 0.3) is 0 Å². The molecule has 1 unspecified atom stereocenters. The van der Waals surface area contributed by atoms with E-state index in [2.05, 4.69) is 10.3 Å². The Bertz CT molecular complexity index is 620. The highest BCUT2D eigenvalue weighted by Crippen LogP contribution is 2.17. The number of anilines is 1. The van der Waals surface area contributed by atoms with Crippen molar-refractivity contribution in [2.24, 2.45) is 11.3 Å².